The number of nitrogens with one attached hydrogen (secondary N) is 2. The summed E-state index contributed by atoms with van der Waals surface area (Å²) in [7, 11) is 1.56. The normalized spacial score (nSPS) is 11.9. The van der Waals surface area contributed by atoms with Gasteiger partial charge in [-0.1, -0.05) is 17.7 Å². The van der Waals surface area contributed by atoms with Gasteiger partial charge in [0.25, 0.3) is 5.91 Å². The number of methoxy groups -OCH3 is 1. The molecule has 0 spiro atoms. The minimum Gasteiger partial charge on any atom is -0.495 e. The largest absolute Gasteiger partial charge is 0.495 e. The fraction of sp³-hybridized carbons (Fsp3) is 0.211. The Labute approximate surface area is 161 Å². The van der Waals surface area contributed by atoms with Gasteiger partial charge in [0.1, 0.15) is 18.8 Å². The van der Waals surface area contributed by atoms with Crippen molar-refractivity contribution >= 4 is 34.5 Å². The first kappa shape index (κ1) is 18.5. The molecule has 3 rings (SSSR count). The number of ether oxygens (including phenoxy) is 1. The van der Waals surface area contributed by atoms with Gasteiger partial charge in [-0.25, -0.2) is 0 Å². The van der Waals surface area contributed by atoms with Crippen LogP contribution >= 0.6 is 22.9 Å². The number of carbonyl (C=O) groups is 1. The third-order valence-corrected chi connectivity index (χ3v) is 4.97. The van der Waals surface area contributed by atoms with Crippen LogP contribution in [0, 0.1) is 0 Å². The average Bonchev–Trinajstić information content (AvgIpc) is 3.29. The second kappa shape index (κ2) is 8.89. The number of thiophene rings is 1. The van der Waals surface area contributed by atoms with Gasteiger partial charge in [0.05, 0.1) is 23.9 Å². The van der Waals surface area contributed by atoms with E-state index < -0.39 is 0 Å². The van der Waals surface area contributed by atoms with E-state index in [2.05, 4.69) is 11.4 Å². The predicted octanol–water partition coefficient (Wildman–Crippen LogP) is 3.23. The van der Waals surface area contributed by atoms with E-state index in [-0.39, 0.29) is 5.91 Å². The Bertz CT molecular complexity index is 798. The van der Waals surface area contributed by atoms with E-state index in [1.165, 1.54) is 4.88 Å². The highest BCUT2D eigenvalue weighted by molar-refractivity contribution is 7.09. The van der Waals surface area contributed by atoms with Crippen LogP contribution in [0.4, 0.5) is 5.69 Å². The second-order valence-electron chi connectivity index (χ2n) is 5.83. The van der Waals surface area contributed by atoms with Crippen LogP contribution in [0.25, 0.3) is 0 Å². The molecule has 1 amide bonds. The molecule has 1 unspecified atom stereocenters. The van der Waals surface area contributed by atoms with Gasteiger partial charge >= 0.3 is 0 Å². The third kappa shape index (κ3) is 5.11. The molecule has 1 aromatic carbocycles. The summed E-state index contributed by atoms with van der Waals surface area (Å²) in [4.78, 5) is 14.9. The summed E-state index contributed by atoms with van der Waals surface area (Å²) in [6.45, 7) is 1.68. The molecule has 136 valence electrons. The summed E-state index contributed by atoms with van der Waals surface area (Å²) < 4.78 is 10.7. The molecule has 0 bridgehead atoms. The number of rotatable bonds is 8. The number of furan rings is 1. The molecular weight excluding hydrogens is 372 g/mol. The summed E-state index contributed by atoms with van der Waals surface area (Å²) in [5, 5.41) is 5.48. The van der Waals surface area contributed by atoms with E-state index in [1.54, 1.807) is 42.9 Å². The molecule has 7 heteroatoms. The lowest BCUT2D eigenvalue weighted by Gasteiger charge is -2.18. The van der Waals surface area contributed by atoms with Gasteiger partial charge in [-0.3, -0.25) is 4.79 Å². The Morgan fingerprint density at radius 1 is 1.27 bits per heavy atom. The monoisotopic (exact) mass is 391 g/mol. The average molecular weight is 392 g/mol. The maximum atomic E-state index is 12.6. The number of benzene rings is 1. The third-order valence-electron chi connectivity index (χ3n) is 3.85. The number of amides is 1. The predicted molar refractivity (Wildman–Crippen MR) is 103 cm³/mol. The standard InChI is InChI=1S/C19H19ClN2O3S/c1-24-18-7-6-14(20)10-17(18)21-19(23)13-22(11-15-4-2-8-25-15)12-16-5-3-9-26-16/h2-10H,11-13H2,1H3,(H,21,23)/p+1. The number of carbonyl (C=O) groups excluding carboxylic acids is 1. The van der Waals surface area contributed by atoms with E-state index in [1.807, 2.05) is 23.6 Å². The zero-order valence-corrected chi connectivity index (χ0v) is 15.9. The van der Waals surface area contributed by atoms with E-state index in [4.69, 9.17) is 20.8 Å². The lowest BCUT2D eigenvalue weighted by Crippen LogP contribution is -3.10. The van der Waals surface area contributed by atoms with Crippen molar-refractivity contribution in [3.63, 3.8) is 0 Å². The Balaban J connectivity index is 1.69. The fourth-order valence-corrected chi connectivity index (χ4v) is 3.65. The number of hydrogen-bond acceptors (Lipinski definition) is 4. The van der Waals surface area contributed by atoms with Crippen molar-refractivity contribution in [1.82, 2.24) is 0 Å². The summed E-state index contributed by atoms with van der Waals surface area (Å²) in [6.07, 6.45) is 1.65. The Hall–Kier alpha value is -2.28. The highest BCUT2D eigenvalue weighted by Gasteiger charge is 2.19. The van der Waals surface area contributed by atoms with Gasteiger partial charge in [0.2, 0.25) is 0 Å². The van der Waals surface area contributed by atoms with Crippen LogP contribution in [0.5, 0.6) is 5.75 Å². The van der Waals surface area contributed by atoms with E-state index >= 15 is 0 Å². The molecule has 0 aliphatic heterocycles. The highest BCUT2D eigenvalue weighted by atomic mass is 35.5. The molecule has 0 radical (unpaired) electrons. The van der Waals surface area contributed by atoms with E-state index in [9.17, 15) is 4.79 Å². The molecule has 0 saturated carbocycles. The first-order valence-electron chi connectivity index (χ1n) is 8.16. The zero-order chi connectivity index (χ0) is 18.4. The van der Waals surface area contributed by atoms with Crippen LogP contribution in [0.1, 0.15) is 10.6 Å². The highest BCUT2D eigenvalue weighted by Crippen LogP contribution is 2.27. The van der Waals surface area contributed by atoms with Crippen molar-refractivity contribution in [3.8, 4) is 5.75 Å². The molecule has 2 N–H and O–H groups in total. The fourth-order valence-electron chi connectivity index (χ4n) is 2.71. The molecule has 3 aromatic rings. The molecule has 5 nitrogen and oxygen atoms in total. The summed E-state index contributed by atoms with van der Waals surface area (Å²) in [6, 6.07) is 13.0. The summed E-state index contributed by atoms with van der Waals surface area (Å²) in [5.41, 5.74) is 0.568. The first-order valence-corrected chi connectivity index (χ1v) is 9.41. The second-order valence-corrected chi connectivity index (χ2v) is 7.30. The van der Waals surface area contributed by atoms with Gasteiger partial charge in [0, 0.05) is 5.02 Å². The molecule has 2 heterocycles. The number of quaternary nitrogens is 1. The van der Waals surface area contributed by atoms with Crippen LogP contribution in [0.2, 0.25) is 5.02 Å². The molecular formula is C19H20ClN2O3S+. The van der Waals surface area contributed by atoms with Gasteiger partial charge in [-0.15, -0.1) is 11.3 Å². The maximum absolute atomic E-state index is 12.6. The molecule has 2 aromatic heterocycles. The van der Waals surface area contributed by atoms with Gasteiger partial charge in [0.15, 0.2) is 12.3 Å². The zero-order valence-electron chi connectivity index (χ0n) is 14.3. The molecule has 26 heavy (non-hydrogen) atoms. The Morgan fingerprint density at radius 2 is 2.15 bits per heavy atom. The molecule has 0 saturated heterocycles. The van der Waals surface area contributed by atoms with Crippen LogP contribution in [-0.2, 0) is 17.9 Å². The molecule has 0 aliphatic rings. The molecule has 1 atom stereocenters. The smallest absolute Gasteiger partial charge is 0.279 e. The summed E-state index contributed by atoms with van der Waals surface area (Å²) in [5.74, 6) is 1.32. The topological polar surface area (TPSA) is 55.9 Å². The summed E-state index contributed by atoms with van der Waals surface area (Å²) >= 11 is 7.71. The minimum atomic E-state index is -0.108. The van der Waals surface area contributed by atoms with E-state index in [0.29, 0.717) is 29.5 Å². The molecule has 0 aliphatic carbocycles. The quantitative estimate of drug-likeness (QED) is 0.620. The lowest BCUT2D eigenvalue weighted by molar-refractivity contribution is -0.920. The number of halogens is 1. The number of anilines is 1. The van der Waals surface area contributed by atoms with Gasteiger partial charge < -0.3 is 19.4 Å². The van der Waals surface area contributed by atoms with Crippen LogP contribution < -0.4 is 15.0 Å². The Kier molecular flexibility index (Phi) is 6.33. The van der Waals surface area contributed by atoms with Crippen molar-refractivity contribution in [3.05, 3.63) is 69.8 Å². The van der Waals surface area contributed by atoms with Crippen LogP contribution in [0.3, 0.4) is 0 Å². The SMILES string of the molecule is COc1ccc(Cl)cc1NC(=O)C[NH+](Cc1ccco1)Cc1cccs1. The van der Waals surface area contributed by atoms with Crippen molar-refractivity contribution < 1.29 is 18.8 Å². The van der Waals surface area contributed by atoms with Crippen LogP contribution in [-0.4, -0.2) is 19.6 Å². The Morgan fingerprint density at radius 3 is 2.85 bits per heavy atom. The van der Waals surface area contributed by atoms with Crippen molar-refractivity contribution in [2.45, 2.75) is 13.1 Å². The van der Waals surface area contributed by atoms with Crippen molar-refractivity contribution in [2.75, 3.05) is 19.0 Å². The molecule has 0 fully saturated rings. The first-order chi connectivity index (χ1) is 12.6. The van der Waals surface area contributed by atoms with Gasteiger partial charge in [-0.05, 0) is 41.8 Å². The van der Waals surface area contributed by atoms with E-state index in [0.717, 1.165) is 17.2 Å². The number of hydrogen-bond donors (Lipinski definition) is 2. The van der Waals surface area contributed by atoms with Gasteiger partial charge in [-0.2, -0.15) is 0 Å². The van der Waals surface area contributed by atoms with Crippen molar-refractivity contribution in [1.29, 1.82) is 0 Å². The minimum absolute atomic E-state index is 0.108. The lowest BCUT2D eigenvalue weighted by atomic mass is 10.3. The van der Waals surface area contributed by atoms with Crippen LogP contribution in [0.15, 0.2) is 58.5 Å². The van der Waals surface area contributed by atoms with Crippen molar-refractivity contribution in [2.24, 2.45) is 0 Å². The maximum Gasteiger partial charge on any atom is 0.279 e.